The lowest BCUT2D eigenvalue weighted by molar-refractivity contribution is -0.137. The second-order valence-corrected chi connectivity index (χ2v) is 6.69. The predicted octanol–water partition coefficient (Wildman–Crippen LogP) is 4.40. The smallest absolute Gasteiger partial charge is 0.324 e. The molecule has 2 aromatic carbocycles. The molecule has 0 aliphatic heterocycles. The summed E-state index contributed by atoms with van der Waals surface area (Å²) in [5.41, 5.74) is -1.31. The van der Waals surface area contributed by atoms with E-state index in [9.17, 15) is 27.2 Å². The Bertz CT molecular complexity index is 890. The van der Waals surface area contributed by atoms with Gasteiger partial charge in [-0.1, -0.05) is 23.7 Å². The van der Waals surface area contributed by atoms with Crippen molar-refractivity contribution in [1.82, 2.24) is 4.90 Å². The van der Waals surface area contributed by atoms with E-state index < -0.39 is 29.4 Å². The summed E-state index contributed by atoms with van der Waals surface area (Å²) in [5, 5.41) is 4.80. The second-order valence-electron chi connectivity index (χ2n) is 6.25. The van der Waals surface area contributed by atoms with Gasteiger partial charge in [-0.2, -0.15) is 13.2 Å². The van der Waals surface area contributed by atoms with Crippen LogP contribution in [0.2, 0.25) is 5.02 Å². The highest BCUT2D eigenvalue weighted by Gasteiger charge is 2.33. The lowest BCUT2D eigenvalue weighted by atomic mass is 10.1. The molecule has 0 unspecified atom stereocenters. The van der Waals surface area contributed by atoms with Crippen LogP contribution in [0.1, 0.15) is 12.0 Å². The van der Waals surface area contributed by atoms with E-state index in [1.807, 2.05) is 0 Å². The van der Waals surface area contributed by atoms with Gasteiger partial charge in [0.05, 0.1) is 23.5 Å². The number of halogens is 5. The van der Waals surface area contributed by atoms with E-state index >= 15 is 0 Å². The van der Waals surface area contributed by atoms with Gasteiger partial charge in [0.2, 0.25) is 11.8 Å². The summed E-state index contributed by atoms with van der Waals surface area (Å²) in [6.07, 6.45) is -4.64. The number of hydrogen-bond donors (Lipinski definition) is 2. The number of amides is 2. The molecule has 0 aromatic heterocycles. The van der Waals surface area contributed by atoms with Crippen LogP contribution in [0.15, 0.2) is 42.5 Å². The van der Waals surface area contributed by atoms with Gasteiger partial charge in [-0.15, -0.1) is 0 Å². The van der Waals surface area contributed by atoms with E-state index in [0.29, 0.717) is 0 Å². The molecule has 2 rings (SSSR count). The van der Waals surface area contributed by atoms with Crippen LogP contribution in [0.25, 0.3) is 0 Å². The summed E-state index contributed by atoms with van der Waals surface area (Å²) in [6, 6.07) is 8.46. The first-order valence-corrected chi connectivity index (χ1v) is 8.83. The average molecular weight is 432 g/mol. The first-order chi connectivity index (χ1) is 13.6. The minimum atomic E-state index is -4.59. The number of benzene rings is 2. The number of rotatable bonds is 7. The van der Waals surface area contributed by atoms with Crippen molar-refractivity contribution in [1.29, 1.82) is 0 Å². The Balaban J connectivity index is 1.84. The molecule has 0 heterocycles. The minimum Gasteiger partial charge on any atom is -0.324 e. The molecule has 5 nitrogen and oxygen atoms in total. The minimum absolute atomic E-state index is 0.0245. The van der Waals surface area contributed by atoms with Crippen LogP contribution in [-0.2, 0) is 15.8 Å². The molecule has 29 heavy (non-hydrogen) atoms. The third kappa shape index (κ3) is 7.03. The van der Waals surface area contributed by atoms with Crippen molar-refractivity contribution >= 4 is 34.8 Å². The predicted molar refractivity (Wildman–Crippen MR) is 102 cm³/mol. The van der Waals surface area contributed by atoms with E-state index in [1.165, 1.54) is 36.2 Å². The lowest BCUT2D eigenvalue weighted by Gasteiger charge is -2.18. The van der Waals surface area contributed by atoms with Gasteiger partial charge in [-0.05, 0) is 37.4 Å². The molecule has 0 saturated heterocycles. The van der Waals surface area contributed by atoms with Crippen molar-refractivity contribution in [3.05, 3.63) is 58.9 Å². The Labute approximate surface area is 169 Å². The Hall–Kier alpha value is -2.65. The van der Waals surface area contributed by atoms with Gasteiger partial charge in [-0.25, -0.2) is 4.39 Å². The number of carbonyl (C=O) groups is 2. The third-order valence-corrected chi connectivity index (χ3v) is 4.08. The van der Waals surface area contributed by atoms with Crippen LogP contribution in [-0.4, -0.2) is 36.9 Å². The number of para-hydroxylation sites is 1. The summed E-state index contributed by atoms with van der Waals surface area (Å²) in [4.78, 5) is 25.4. The van der Waals surface area contributed by atoms with Gasteiger partial charge >= 0.3 is 6.18 Å². The van der Waals surface area contributed by atoms with Crippen molar-refractivity contribution < 1.29 is 27.2 Å². The fourth-order valence-electron chi connectivity index (χ4n) is 2.45. The Morgan fingerprint density at radius 1 is 1.03 bits per heavy atom. The van der Waals surface area contributed by atoms with E-state index in [1.54, 1.807) is 0 Å². The van der Waals surface area contributed by atoms with Crippen molar-refractivity contribution in [3.8, 4) is 0 Å². The largest absolute Gasteiger partial charge is 0.418 e. The molecule has 10 heteroatoms. The maximum Gasteiger partial charge on any atom is 0.418 e. The molecule has 156 valence electrons. The van der Waals surface area contributed by atoms with E-state index in [4.69, 9.17) is 11.6 Å². The number of anilines is 2. The first-order valence-electron chi connectivity index (χ1n) is 8.46. The number of alkyl halides is 3. The van der Waals surface area contributed by atoms with E-state index in [0.717, 1.165) is 18.2 Å². The topological polar surface area (TPSA) is 61.4 Å². The zero-order valence-electron chi connectivity index (χ0n) is 15.3. The fourth-order valence-corrected chi connectivity index (χ4v) is 2.61. The molecular weight excluding hydrogens is 414 g/mol. The van der Waals surface area contributed by atoms with Crippen LogP contribution in [0.4, 0.5) is 28.9 Å². The van der Waals surface area contributed by atoms with Crippen molar-refractivity contribution in [3.63, 3.8) is 0 Å². The maximum atomic E-state index is 13.7. The zero-order valence-corrected chi connectivity index (χ0v) is 16.1. The highest BCUT2D eigenvalue weighted by Crippen LogP contribution is 2.34. The summed E-state index contributed by atoms with van der Waals surface area (Å²) in [7, 11) is 1.53. The molecule has 0 aliphatic rings. The van der Waals surface area contributed by atoms with Crippen LogP contribution in [0.3, 0.4) is 0 Å². The Kier molecular flexibility index (Phi) is 7.58. The number of carbonyl (C=O) groups excluding carboxylic acids is 2. The SMILES string of the molecule is CN(CCC(=O)Nc1ccc(Cl)cc1F)CC(=O)Nc1ccccc1C(F)(F)F. The van der Waals surface area contributed by atoms with Gasteiger partial charge in [-0.3, -0.25) is 14.5 Å². The number of likely N-dealkylation sites (N-methyl/N-ethyl adjacent to an activating group) is 1. The van der Waals surface area contributed by atoms with Gasteiger partial charge in [0, 0.05) is 18.0 Å². The monoisotopic (exact) mass is 431 g/mol. The maximum absolute atomic E-state index is 13.7. The Morgan fingerprint density at radius 2 is 1.69 bits per heavy atom. The molecule has 0 fully saturated rings. The van der Waals surface area contributed by atoms with Crippen molar-refractivity contribution in [2.45, 2.75) is 12.6 Å². The lowest BCUT2D eigenvalue weighted by Crippen LogP contribution is -2.33. The molecule has 0 bridgehead atoms. The molecule has 2 N–H and O–H groups in total. The van der Waals surface area contributed by atoms with Gasteiger partial charge in [0.1, 0.15) is 5.82 Å². The van der Waals surface area contributed by atoms with Gasteiger partial charge in [0.15, 0.2) is 0 Å². The van der Waals surface area contributed by atoms with Gasteiger partial charge in [0.25, 0.3) is 0 Å². The van der Waals surface area contributed by atoms with Crippen LogP contribution in [0, 0.1) is 5.82 Å². The first kappa shape index (κ1) is 22.6. The average Bonchev–Trinajstić information content (AvgIpc) is 2.62. The van der Waals surface area contributed by atoms with Crippen LogP contribution < -0.4 is 10.6 Å². The normalized spacial score (nSPS) is 11.4. The molecule has 0 spiro atoms. The highest BCUT2D eigenvalue weighted by atomic mass is 35.5. The third-order valence-electron chi connectivity index (χ3n) is 3.85. The zero-order chi connectivity index (χ0) is 21.6. The quantitative estimate of drug-likeness (QED) is 0.639. The van der Waals surface area contributed by atoms with Crippen molar-refractivity contribution in [2.75, 3.05) is 30.8 Å². The molecule has 0 saturated carbocycles. The molecular formula is C19H18ClF4N3O2. The second kappa shape index (κ2) is 9.71. The molecule has 0 atom stereocenters. The van der Waals surface area contributed by atoms with Crippen LogP contribution in [0.5, 0.6) is 0 Å². The summed E-state index contributed by atoms with van der Waals surface area (Å²) < 4.78 is 52.5. The molecule has 2 amide bonds. The summed E-state index contributed by atoms with van der Waals surface area (Å²) in [6.45, 7) is -0.0931. The highest BCUT2D eigenvalue weighted by molar-refractivity contribution is 6.30. The van der Waals surface area contributed by atoms with Crippen molar-refractivity contribution in [2.24, 2.45) is 0 Å². The van der Waals surface area contributed by atoms with Crippen LogP contribution >= 0.6 is 11.6 Å². The van der Waals surface area contributed by atoms with Gasteiger partial charge < -0.3 is 10.6 Å². The molecule has 0 radical (unpaired) electrons. The summed E-state index contributed by atoms with van der Waals surface area (Å²) >= 11 is 5.64. The number of hydrogen-bond acceptors (Lipinski definition) is 3. The Morgan fingerprint density at radius 3 is 2.34 bits per heavy atom. The fraction of sp³-hybridized carbons (Fsp3) is 0.263. The standard InChI is InChI=1S/C19H18ClF4N3O2/c1-27(9-8-17(28)26-16-7-6-12(20)10-14(16)21)11-18(29)25-15-5-3-2-4-13(15)19(22,23)24/h2-7,10H,8-9,11H2,1H3,(H,25,29)(H,26,28). The van der Waals surface area contributed by atoms with E-state index in [-0.39, 0.29) is 35.9 Å². The van der Waals surface area contributed by atoms with E-state index in [2.05, 4.69) is 10.6 Å². The number of nitrogens with zero attached hydrogens (tertiary/aromatic N) is 1. The molecule has 2 aromatic rings. The molecule has 0 aliphatic carbocycles. The number of nitrogens with one attached hydrogen (secondary N) is 2. The summed E-state index contributed by atoms with van der Waals surface area (Å²) in [5.74, 6) is -1.82.